The fraction of sp³-hybridized carbons (Fsp3) is 0.476. The van der Waals surface area contributed by atoms with Crippen molar-refractivity contribution in [3.05, 3.63) is 29.5 Å². The minimum Gasteiger partial charge on any atom is -0.484 e. The van der Waals surface area contributed by atoms with Crippen LogP contribution in [0.2, 0.25) is 0 Å². The largest absolute Gasteiger partial charge is 0.484 e. The normalized spacial score (nSPS) is 18.9. The third kappa shape index (κ3) is 3.92. The Morgan fingerprint density at radius 3 is 2.93 bits per heavy atom. The van der Waals surface area contributed by atoms with E-state index in [1.165, 1.54) is 17.6 Å². The highest BCUT2D eigenvalue weighted by Gasteiger charge is 2.35. The second-order valence-electron chi connectivity index (χ2n) is 7.33. The quantitative estimate of drug-likeness (QED) is 0.766. The second kappa shape index (κ2) is 8.14. The number of carbonyl (C=O) groups is 3. The van der Waals surface area contributed by atoms with Crippen LogP contribution in [0.15, 0.2) is 22.6 Å². The molecule has 29 heavy (non-hydrogen) atoms. The molecule has 0 bridgehead atoms. The smallest absolute Gasteiger partial charge is 0.308 e. The predicted octanol–water partition coefficient (Wildman–Crippen LogP) is 1.58. The number of esters is 1. The van der Waals surface area contributed by atoms with E-state index in [0.717, 1.165) is 42.4 Å². The average molecular weight is 400 g/mol. The van der Waals surface area contributed by atoms with Crippen LogP contribution in [0.3, 0.4) is 0 Å². The molecule has 0 spiro atoms. The van der Waals surface area contributed by atoms with Crippen LogP contribution in [0.5, 0.6) is 5.75 Å². The van der Waals surface area contributed by atoms with Gasteiger partial charge in [0.2, 0.25) is 5.91 Å². The second-order valence-corrected chi connectivity index (χ2v) is 7.33. The maximum absolute atomic E-state index is 12.7. The first kappa shape index (κ1) is 19.3. The molecule has 1 atom stereocenters. The van der Waals surface area contributed by atoms with E-state index >= 15 is 0 Å². The van der Waals surface area contributed by atoms with Crippen LogP contribution in [0, 0.1) is 0 Å². The number of hydrogen-bond acceptors (Lipinski definition) is 6. The van der Waals surface area contributed by atoms with Crippen molar-refractivity contribution in [3.63, 3.8) is 0 Å². The van der Waals surface area contributed by atoms with Crippen LogP contribution in [0.1, 0.15) is 30.6 Å². The molecule has 1 saturated heterocycles. The Balaban J connectivity index is 1.45. The van der Waals surface area contributed by atoms with Gasteiger partial charge in [-0.25, -0.2) is 0 Å². The van der Waals surface area contributed by atoms with Gasteiger partial charge < -0.3 is 24.1 Å². The summed E-state index contributed by atoms with van der Waals surface area (Å²) < 4.78 is 16.3. The number of fused-ring (bicyclic) bond motifs is 3. The predicted molar refractivity (Wildman–Crippen MR) is 103 cm³/mol. The number of hydrogen-bond donors (Lipinski definition) is 1. The summed E-state index contributed by atoms with van der Waals surface area (Å²) >= 11 is 0. The van der Waals surface area contributed by atoms with Gasteiger partial charge in [-0.1, -0.05) is 0 Å². The fourth-order valence-corrected chi connectivity index (χ4v) is 4.02. The van der Waals surface area contributed by atoms with Crippen LogP contribution >= 0.6 is 0 Å². The molecule has 1 aromatic carbocycles. The third-order valence-corrected chi connectivity index (χ3v) is 5.53. The van der Waals surface area contributed by atoms with Crippen LogP contribution in [0.4, 0.5) is 0 Å². The van der Waals surface area contributed by atoms with Crippen molar-refractivity contribution in [1.29, 1.82) is 0 Å². The lowest BCUT2D eigenvalue weighted by Gasteiger charge is -2.34. The maximum Gasteiger partial charge on any atom is 0.308 e. The van der Waals surface area contributed by atoms with Crippen LogP contribution in [-0.2, 0) is 32.0 Å². The molecule has 8 heteroatoms. The van der Waals surface area contributed by atoms with Crippen molar-refractivity contribution in [3.8, 4) is 5.75 Å². The first-order chi connectivity index (χ1) is 14.1. The van der Waals surface area contributed by atoms with Crippen molar-refractivity contribution < 1.29 is 28.3 Å². The first-order valence-electron chi connectivity index (χ1n) is 9.88. The fourth-order valence-electron chi connectivity index (χ4n) is 4.02. The molecule has 4 rings (SSSR count). The number of aryl methyl sites for hydroxylation is 2. The van der Waals surface area contributed by atoms with Gasteiger partial charge in [0.1, 0.15) is 23.1 Å². The summed E-state index contributed by atoms with van der Waals surface area (Å²) in [6.07, 6.45) is 4.05. The number of amides is 2. The van der Waals surface area contributed by atoms with Gasteiger partial charge in [-0.3, -0.25) is 14.4 Å². The number of nitrogens with one attached hydrogen (secondary N) is 1. The van der Waals surface area contributed by atoms with E-state index < -0.39 is 12.0 Å². The molecular weight excluding hydrogens is 376 g/mol. The molecule has 2 heterocycles. The van der Waals surface area contributed by atoms with E-state index in [4.69, 9.17) is 9.15 Å². The molecule has 8 nitrogen and oxygen atoms in total. The SMILES string of the molecule is COC(=O)CC1C(=O)NCCN1C(=O)COc1ccc2oc3c(c2c1)CCCC3. The number of benzene rings is 1. The number of rotatable bonds is 5. The molecule has 2 aromatic rings. The zero-order chi connectivity index (χ0) is 20.4. The summed E-state index contributed by atoms with van der Waals surface area (Å²) in [6, 6.07) is 4.67. The van der Waals surface area contributed by atoms with Crippen LogP contribution in [0.25, 0.3) is 11.0 Å². The van der Waals surface area contributed by atoms with E-state index in [1.807, 2.05) is 12.1 Å². The number of carbonyl (C=O) groups excluding carboxylic acids is 3. The number of methoxy groups -OCH3 is 1. The lowest BCUT2D eigenvalue weighted by atomic mass is 9.96. The maximum atomic E-state index is 12.7. The highest BCUT2D eigenvalue weighted by molar-refractivity contribution is 5.92. The molecule has 1 fully saturated rings. The number of furan rings is 1. The Hall–Kier alpha value is -3.03. The van der Waals surface area contributed by atoms with Crippen molar-refractivity contribution in [2.75, 3.05) is 26.8 Å². The van der Waals surface area contributed by atoms with Gasteiger partial charge in [-0.05, 0) is 37.5 Å². The lowest BCUT2D eigenvalue weighted by molar-refractivity contribution is -0.151. The summed E-state index contributed by atoms with van der Waals surface area (Å²) in [5, 5.41) is 3.71. The molecule has 1 unspecified atom stereocenters. The molecule has 154 valence electrons. The van der Waals surface area contributed by atoms with E-state index in [2.05, 4.69) is 10.1 Å². The van der Waals surface area contributed by atoms with Gasteiger partial charge in [0, 0.05) is 30.5 Å². The average Bonchev–Trinajstić information content (AvgIpc) is 3.11. The number of piperazine rings is 1. The van der Waals surface area contributed by atoms with Gasteiger partial charge in [0.15, 0.2) is 6.61 Å². The Labute approximate surface area is 168 Å². The zero-order valence-corrected chi connectivity index (χ0v) is 16.4. The molecule has 1 aliphatic carbocycles. The molecule has 2 aliphatic rings. The molecule has 1 aliphatic heterocycles. The summed E-state index contributed by atoms with van der Waals surface area (Å²) in [7, 11) is 1.25. The highest BCUT2D eigenvalue weighted by Crippen LogP contribution is 2.34. The van der Waals surface area contributed by atoms with Crippen molar-refractivity contribution in [2.24, 2.45) is 0 Å². The van der Waals surface area contributed by atoms with E-state index in [1.54, 1.807) is 6.07 Å². The molecule has 1 N–H and O–H groups in total. The summed E-state index contributed by atoms with van der Waals surface area (Å²) in [6.45, 7) is 0.454. The molecule has 2 amide bonds. The van der Waals surface area contributed by atoms with Crippen molar-refractivity contribution in [1.82, 2.24) is 10.2 Å². The Morgan fingerprint density at radius 1 is 1.28 bits per heavy atom. The Kier molecular flexibility index (Phi) is 5.42. The highest BCUT2D eigenvalue weighted by atomic mass is 16.5. The van der Waals surface area contributed by atoms with Crippen LogP contribution < -0.4 is 10.1 Å². The number of ether oxygens (including phenoxy) is 2. The molecule has 0 radical (unpaired) electrons. The monoisotopic (exact) mass is 400 g/mol. The summed E-state index contributed by atoms with van der Waals surface area (Å²) in [5.74, 6) is 0.376. The standard InChI is InChI=1S/C21H24N2O6/c1-27-20(25)11-16-21(26)22-8-9-23(16)19(24)12-28-13-6-7-18-15(10-13)14-4-2-3-5-17(14)29-18/h6-7,10,16H,2-5,8-9,11-12H2,1H3,(H,22,26). The van der Waals surface area contributed by atoms with E-state index in [0.29, 0.717) is 18.8 Å². The first-order valence-corrected chi connectivity index (χ1v) is 9.88. The third-order valence-electron chi connectivity index (χ3n) is 5.53. The molecule has 1 aromatic heterocycles. The van der Waals surface area contributed by atoms with Crippen molar-refractivity contribution in [2.45, 2.75) is 38.1 Å². The minimum absolute atomic E-state index is 0.179. The topological polar surface area (TPSA) is 98.1 Å². The molecular formula is C21H24N2O6. The van der Waals surface area contributed by atoms with E-state index in [9.17, 15) is 14.4 Å². The summed E-state index contributed by atoms with van der Waals surface area (Å²) in [4.78, 5) is 37.8. The van der Waals surface area contributed by atoms with Gasteiger partial charge in [-0.2, -0.15) is 0 Å². The van der Waals surface area contributed by atoms with Gasteiger partial charge in [0.25, 0.3) is 5.91 Å². The Morgan fingerprint density at radius 2 is 2.10 bits per heavy atom. The minimum atomic E-state index is -0.879. The van der Waals surface area contributed by atoms with Gasteiger partial charge in [-0.15, -0.1) is 0 Å². The zero-order valence-electron chi connectivity index (χ0n) is 16.4. The van der Waals surface area contributed by atoms with E-state index in [-0.39, 0.29) is 24.8 Å². The van der Waals surface area contributed by atoms with Gasteiger partial charge in [0.05, 0.1) is 13.5 Å². The summed E-state index contributed by atoms with van der Waals surface area (Å²) in [5.41, 5.74) is 2.07. The van der Waals surface area contributed by atoms with Crippen molar-refractivity contribution >= 4 is 28.8 Å². The van der Waals surface area contributed by atoms with Gasteiger partial charge >= 0.3 is 5.97 Å². The molecule has 0 saturated carbocycles. The Bertz CT molecular complexity index is 950. The number of nitrogens with zero attached hydrogens (tertiary/aromatic N) is 1. The van der Waals surface area contributed by atoms with Crippen LogP contribution in [-0.4, -0.2) is 55.5 Å². The lowest BCUT2D eigenvalue weighted by Crippen LogP contribution is -2.58.